The summed E-state index contributed by atoms with van der Waals surface area (Å²) < 4.78 is 37.6. The van der Waals surface area contributed by atoms with Crippen LogP contribution < -0.4 is 14.8 Å². The summed E-state index contributed by atoms with van der Waals surface area (Å²) >= 11 is 0. The smallest absolute Gasteiger partial charge is 0.223 e. The first-order valence-electron chi connectivity index (χ1n) is 10.4. The number of nitrogens with one attached hydrogen (secondary N) is 1. The highest BCUT2D eigenvalue weighted by atomic mass is 32.2. The number of hydrogen-bond acceptors (Lipinski definition) is 5. The number of methoxy groups -OCH3 is 2. The van der Waals surface area contributed by atoms with Gasteiger partial charge in [-0.2, -0.15) is 0 Å². The molecule has 1 N–H and O–H groups in total. The van der Waals surface area contributed by atoms with Gasteiger partial charge in [0.1, 0.15) is 11.5 Å². The van der Waals surface area contributed by atoms with Gasteiger partial charge in [-0.25, -0.2) is 12.7 Å². The van der Waals surface area contributed by atoms with Crippen molar-refractivity contribution in [2.75, 3.05) is 27.3 Å². The topological polar surface area (TPSA) is 84.9 Å². The minimum absolute atomic E-state index is 0.0165. The number of rotatable bonds is 8. The van der Waals surface area contributed by atoms with Crippen molar-refractivity contribution in [1.29, 1.82) is 0 Å². The summed E-state index contributed by atoms with van der Waals surface area (Å²) in [5.74, 6) is 1.06. The molecule has 1 aliphatic heterocycles. The molecule has 0 radical (unpaired) electrons. The predicted molar refractivity (Wildman–Crippen MR) is 119 cm³/mol. The van der Waals surface area contributed by atoms with Crippen LogP contribution in [0.2, 0.25) is 0 Å². The van der Waals surface area contributed by atoms with Crippen molar-refractivity contribution in [3.05, 3.63) is 59.7 Å². The van der Waals surface area contributed by atoms with Crippen molar-refractivity contribution in [2.24, 2.45) is 5.92 Å². The molecule has 0 spiro atoms. The average molecular weight is 447 g/mol. The number of piperidine rings is 1. The van der Waals surface area contributed by atoms with Crippen molar-refractivity contribution in [3.63, 3.8) is 0 Å². The lowest BCUT2D eigenvalue weighted by molar-refractivity contribution is -0.126. The van der Waals surface area contributed by atoms with Gasteiger partial charge in [0.2, 0.25) is 15.9 Å². The summed E-state index contributed by atoms with van der Waals surface area (Å²) in [5.41, 5.74) is 1.60. The lowest BCUT2D eigenvalue weighted by Crippen LogP contribution is -2.43. The monoisotopic (exact) mass is 446 g/mol. The van der Waals surface area contributed by atoms with E-state index in [1.165, 1.54) is 4.31 Å². The Labute approximate surface area is 184 Å². The zero-order chi connectivity index (χ0) is 22.4. The maximum absolute atomic E-state index is 12.8. The Hall–Kier alpha value is -2.58. The van der Waals surface area contributed by atoms with Gasteiger partial charge in [0.05, 0.1) is 26.0 Å². The van der Waals surface area contributed by atoms with Crippen LogP contribution in [0.25, 0.3) is 0 Å². The number of carbonyl (C=O) groups excluding carboxylic acids is 1. The largest absolute Gasteiger partial charge is 0.497 e. The number of amides is 1. The van der Waals surface area contributed by atoms with Gasteiger partial charge >= 0.3 is 0 Å². The number of hydrogen-bond donors (Lipinski definition) is 1. The van der Waals surface area contributed by atoms with Crippen LogP contribution in [-0.4, -0.2) is 45.9 Å². The van der Waals surface area contributed by atoms with Crippen molar-refractivity contribution >= 4 is 15.9 Å². The first-order chi connectivity index (χ1) is 14.8. The Morgan fingerprint density at radius 2 is 1.77 bits per heavy atom. The van der Waals surface area contributed by atoms with Gasteiger partial charge in [0.25, 0.3) is 0 Å². The van der Waals surface area contributed by atoms with Crippen molar-refractivity contribution in [3.8, 4) is 11.5 Å². The second kappa shape index (κ2) is 10.2. The normalized spacial score (nSPS) is 16.5. The molecule has 1 aliphatic rings. The van der Waals surface area contributed by atoms with Crippen molar-refractivity contribution < 1.29 is 22.7 Å². The predicted octanol–water partition coefficient (Wildman–Crippen LogP) is 3.12. The Morgan fingerprint density at radius 1 is 1.10 bits per heavy atom. The Morgan fingerprint density at radius 3 is 2.39 bits per heavy atom. The first-order valence-corrected chi connectivity index (χ1v) is 12.0. The molecule has 2 aromatic carbocycles. The summed E-state index contributed by atoms with van der Waals surface area (Å²) in [6, 6.07) is 14.4. The van der Waals surface area contributed by atoms with E-state index >= 15 is 0 Å². The van der Waals surface area contributed by atoms with E-state index in [9.17, 15) is 13.2 Å². The molecule has 1 atom stereocenters. The highest BCUT2D eigenvalue weighted by Crippen LogP contribution is 2.30. The van der Waals surface area contributed by atoms with Crippen molar-refractivity contribution in [2.45, 2.75) is 31.6 Å². The molecule has 0 saturated carbocycles. The highest BCUT2D eigenvalue weighted by Gasteiger charge is 2.31. The number of benzene rings is 2. The van der Waals surface area contributed by atoms with Gasteiger partial charge in [-0.1, -0.05) is 30.3 Å². The Balaban J connectivity index is 1.58. The second-order valence-electron chi connectivity index (χ2n) is 7.75. The lowest BCUT2D eigenvalue weighted by Gasteiger charge is -2.31. The molecule has 1 heterocycles. The maximum atomic E-state index is 12.8. The van der Waals surface area contributed by atoms with E-state index in [0.29, 0.717) is 37.4 Å². The third kappa shape index (κ3) is 5.77. The van der Waals surface area contributed by atoms with Crippen LogP contribution in [0.1, 0.15) is 36.9 Å². The fraction of sp³-hybridized carbons (Fsp3) is 0.435. The molecule has 168 valence electrons. The Kier molecular flexibility index (Phi) is 7.56. The molecule has 0 bridgehead atoms. The van der Waals surface area contributed by atoms with Crippen LogP contribution in [0.4, 0.5) is 0 Å². The average Bonchev–Trinajstić information content (AvgIpc) is 2.79. The fourth-order valence-corrected chi connectivity index (χ4v) is 5.42. The maximum Gasteiger partial charge on any atom is 0.223 e. The van der Waals surface area contributed by atoms with Gasteiger partial charge in [-0.3, -0.25) is 4.79 Å². The van der Waals surface area contributed by atoms with Crippen LogP contribution in [0.15, 0.2) is 48.5 Å². The molecule has 0 aromatic heterocycles. The summed E-state index contributed by atoms with van der Waals surface area (Å²) in [6.45, 7) is 2.60. The first kappa shape index (κ1) is 23.1. The molecule has 1 fully saturated rings. The van der Waals surface area contributed by atoms with Crippen LogP contribution in [0.3, 0.4) is 0 Å². The zero-order valence-electron chi connectivity index (χ0n) is 18.2. The van der Waals surface area contributed by atoms with Gasteiger partial charge in [0.15, 0.2) is 0 Å². The van der Waals surface area contributed by atoms with Gasteiger partial charge in [-0.15, -0.1) is 0 Å². The quantitative estimate of drug-likeness (QED) is 0.673. The summed E-state index contributed by atoms with van der Waals surface area (Å²) in [7, 11) is -0.217. The number of nitrogens with zero attached hydrogens (tertiary/aromatic N) is 1. The van der Waals surface area contributed by atoms with Gasteiger partial charge < -0.3 is 14.8 Å². The van der Waals surface area contributed by atoms with Gasteiger partial charge in [0, 0.05) is 24.6 Å². The van der Waals surface area contributed by atoms with E-state index in [-0.39, 0.29) is 23.6 Å². The Bertz CT molecular complexity index is 986. The van der Waals surface area contributed by atoms with E-state index in [1.54, 1.807) is 14.2 Å². The highest BCUT2D eigenvalue weighted by molar-refractivity contribution is 7.88. The molecule has 0 aliphatic carbocycles. The fourth-order valence-electron chi connectivity index (χ4n) is 3.86. The molecule has 1 saturated heterocycles. The van der Waals surface area contributed by atoms with E-state index in [0.717, 1.165) is 11.1 Å². The molecule has 8 heteroatoms. The zero-order valence-corrected chi connectivity index (χ0v) is 19.0. The molecule has 31 heavy (non-hydrogen) atoms. The standard InChI is InChI=1S/C23H30N2O5S/c1-17(21-15-20(29-2)9-10-22(21)30-3)24-23(26)19-11-13-25(14-12-19)31(27,28)16-18-7-5-4-6-8-18/h4-10,15,17,19H,11-14,16H2,1-3H3,(H,24,26). The van der Waals surface area contributed by atoms with E-state index in [2.05, 4.69) is 5.32 Å². The number of ether oxygens (including phenoxy) is 2. The number of sulfonamides is 1. The molecule has 2 aromatic rings. The minimum Gasteiger partial charge on any atom is -0.497 e. The molecule has 1 unspecified atom stereocenters. The summed E-state index contributed by atoms with van der Waals surface area (Å²) in [5, 5.41) is 3.04. The SMILES string of the molecule is COc1ccc(OC)c(C(C)NC(=O)C2CCN(S(=O)(=O)Cc3ccccc3)CC2)c1. The van der Waals surface area contributed by atoms with E-state index < -0.39 is 10.0 Å². The summed E-state index contributed by atoms with van der Waals surface area (Å²) in [6.07, 6.45) is 1.00. The third-order valence-electron chi connectivity index (χ3n) is 5.67. The lowest BCUT2D eigenvalue weighted by atomic mass is 9.96. The van der Waals surface area contributed by atoms with Crippen LogP contribution >= 0.6 is 0 Å². The van der Waals surface area contributed by atoms with Gasteiger partial charge in [-0.05, 0) is 43.5 Å². The van der Waals surface area contributed by atoms with E-state index in [1.807, 2.05) is 55.5 Å². The minimum atomic E-state index is -3.40. The van der Waals surface area contributed by atoms with Crippen LogP contribution in [-0.2, 0) is 20.6 Å². The molecule has 7 nitrogen and oxygen atoms in total. The molecule has 1 amide bonds. The third-order valence-corrected chi connectivity index (χ3v) is 7.52. The second-order valence-corrected chi connectivity index (χ2v) is 9.72. The summed E-state index contributed by atoms with van der Waals surface area (Å²) in [4.78, 5) is 12.8. The molecular weight excluding hydrogens is 416 g/mol. The van der Waals surface area contributed by atoms with E-state index in [4.69, 9.17) is 9.47 Å². The van der Waals surface area contributed by atoms with Crippen LogP contribution in [0, 0.1) is 5.92 Å². The molecular formula is C23H30N2O5S. The van der Waals surface area contributed by atoms with Crippen molar-refractivity contribution in [1.82, 2.24) is 9.62 Å². The van der Waals surface area contributed by atoms with Crippen LogP contribution in [0.5, 0.6) is 11.5 Å². The number of carbonyl (C=O) groups is 1. The molecule has 3 rings (SSSR count).